The van der Waals surface area contributed by atoms with E-state index in [4.69, 9.17) is 0 Å². The summed E-state index contributed by atoms with van der Waals surface area (Å²) in [6, 6.07) is 3.35. The molecule has 2 unspecified atom stereocenters. The molecule has 0 aromatic carbocycles. The number of likely N-dealkylation sites (tertiary alicyclic amines) is 2. The van der Waals surface area contributed by atoms with E-state index >= 15 is 0 Å². The quantitative estimate of drug-likeness (QED) is 0.461. The lowest BCUT2D eigenvalue weighted by atomic mass is 10.0. The van der Waals surface area contributed by atoms with Crippen molar-refractivity contribution < 1.29 is 19.5 Å². The van der Waals surface area contributed by atoms with Crippen molar-refractivity contribution in [1.82, 2.24) is 29.3 Å². The first-order valence-corrected chi connectivity index (χ1v) is 13.6. The molecular weight excluding hydrogens is 514 g/mol. The number of Topliss-reactive ketones (excluding diaryl/α,β-unsaturated/α-hetero) is 1. The number of nitrogens with zero attached hydrogens (tertiary/aromatic N) is 6. The zero-order valence-corrected chi connectivity index (χ0v) is 22.5. The van der Waals surface area contributed by atoms with Crippen LogP contribution in [0.3, 0.4) is 0 Å². The lowest BCUT2D eigenvalue weighted by Gasteiger charge is -2.20. The van der Waals surface area contributed by atoms with Crippen LogP contribution in [0.2, 0.25) is 0 Å². The van der Waals surface area contributed by atoms with Crippen molar-refractivity contribution in [3.05, 3.63) is 51.6 Å². The van der Waals surface area contributed by atoms with E-state index < -0.39 is 6.09 Å². The van der Waals surface area contributed by atoms with Gasteiger partial charge in [0.1, 0.15) is 11.5 Å². The van der Waals surface area contributed by atoms with Crippen molar-refractivity contribution in [2.45, 2.75) is 45.6 Å². The molecule has 12 heteroatoms. The number of anilines is 2. The summed E-state index contributed by atoms with van der Waals surface area (Å²) < 4.78 is 1.66. The molecule has 2 amide bonds. The molecule has 0 radical (unpaired) electrons. The molecule has 3 aliphatic rings. The first-order chi connectivity index (χ1) is 19.2. The largest absolute Gasteiger partial charge is 0.465 e. The zero-order valence-electron chi connectivity index (χ0n) is 22.5. The van der Waals surface area contributed by atoms with E-state index in [0.29, 0.717) is 54.2 Å². The Morgan fingerprint density at radius 2 is 1.65 bits per heavy atom. The van der Waals surface area contributed by atoms with Crippen LogP contribution in [-0.4, -0.2) is 78.4 Å². The summed E-state index contributed by atoms with van der Waals surface area (Å²) in [4.78, 5) is 66.7. The van der Waals surface area contributed by atoms with Crippen LogP contribution in [0, 0.1) is 18.8 Å². The SMILES string of the molecule is CC(=O)c1c(C)c2cnc(Nc3ccc(C(=O)N4CC5CN(C(=O)O)CC5C4)cn3)nc2n(C2CCCC2)c1=O. The zero-order chi connectivity index (χ0) is 28.1. The van der Waals surface area contributed by atoms with Gasteiger partial charge in [-0.25, -0.2) is 14.8 Å². The van der Waals surface area contributed by atoms with E-state index in [1.54, 1.807) is 34.7 Å². The number of carbonyl (C=O) groups is 3. The number of ketones is 1. The van der Waals surface area contributed by atoms with Gasteiger partial charge in [-0.3, -0.25) is 19.0 Å². The van der Waals surface area contributed by atoms with Gasteiger partial charge in [-0.15, -0.1) is 0 Å². The van der Waals surface area contributed by atoms with Gasteiger partial charge in [-0.2, -0.15) is 4.98 Å². The molecule has 3 fully saturated rings. The Kier molecular flexibility index (Phi) is 6.47. The second-order valence-electron chi connectivity index (χ2n) is 11.1. The molecule has 2 N–H and O–H groups in total. The topological polar surface area (TPSA) is 151 Å². The number of hydrogen-bond acceptors (Lipinski definition) is 8. The first-order valence-electron chi connectivity index (χ1n) is 13.6. The van der Waals surface area contributed by atoms with Gasteiger partial charge in [0.2, 0.25) is 5.95 Å². The highest BCUT2D eigenvalue weighted by atomic mass is 16.4. The Hall–Kier alpha value is -4.35. The van der Waals surface area contributed by atoms with Crippen LogP contribution >= 0.6 is 0 Å². The lowest BCUT2D eigenvalue weighted by Crippen LogP contribution is -2.35. The van der Waals surface area contributed by atoms with Gasteiger partial charge in [0.15, 0.2) is 5.78 Å². The summed E-state index contributed by atoms with van der Waals surface area (Å²) in [5.41, 5.74) is 1.39. The monoisotopic (exact) mass is 545 g/mol. The third-order valence-corrected chi connectivity index (χ3v) is 8.54. The fourth-order valence-electron chi connectivity index (χ4n) is 6.52. The number of pyridine rings is 2. The molecule has 2 atom stereocenters. The minimum absolute atomic E-state index is 0.0165. The highest BCUT2D eigenvalue weighted by Crippen LogP contribution is 2.33. The number of carboxylic acid groups (broad SMARTS) is 1. The van der Waals surface area contributed by atoms with Crippen LogP contribution < -0.4 is 10.9 Å². The molecule has 12 nitrogen and oxygen atoms in total. The molecule has 2 aliphatic heterocycles. The number of rotatable bonds is 5. The van der Waals surface area contributed by atoms with E-state index in [9.17, 15) is 24.3 Å². The molecule has 6 rings (SSSR count). The maximum absolute atomic E-state index is 13.4. The number of fused-ring (bicyclic) bond motifs is 2. The molecule has 40 heavy (non-hydrogen) atoms. The molecule has 0 bridgehead atoms. The van der Waals surface area contributed by atoms with Crippen molar-refractivity contribution in [2.24, 2.45) is 11.8 Å². The van der Waals surface area contributed by atoms with Gasteiger partial charge in [0, 0.05) is 61.8 Å². The van der Waals surface area contributed by atoms with Gasteiger partial charge in [-0.05, 0) is 44.4 Å². The minimum atomic E-state index is -0.910. The smallest absolute Gasteiger partial charge is 0.407 e. The fraction of sp³-hybridized carbons (Fsp3) is 0.464. The minimum Gasteiger partial charge on any atom is -0.465 e. The standard InChI is InChI=1S/C28H31N7O5/c1-15-21-10-30-27(32-24(21)35(20-5-3-4-6-20)26(38)23(15)16(2)36)31-22-8-7-17(9-29-22)25(37)33-11-18-13-34(28(39)40)14-19(18)12-33/h7-10,18-20H,3-6,11-14H2,1-2H3,(H,39,40)(H,29,30,31,32). The average Bonchev–Trinajstić information content (AvgIpc) is 3.66. The third kappa shape index (κ3) is 4.46. The van der Waals surface area contributed by atoms with Gasteiger partial charge in [-0.1, -0.05) is 12.8 Å². The maximum Gasteiger partial charge on any atom is 0.407 e. The molecular formula is C28H31N7O5. The first kappa shape index (κ1) is 25.9. The van der Waals surface area contributed by atoms with Crippen LogP contribution in [0.25, 0.3) is 11.0 Å². The van der Waals surface area contributed by atoms with E-state index in [1.165, 1.54) is 18.0 Å². The number of amides is 2. The number of carbonyl (C=O) groups excluding carboxylic acids is 2. The van der Waals surface area contributed by atoms with Crippen LogP contribution in [0.15, 0.2) is 29.3 Å². The van der Waals surface area contributed by atoms with Gasteiger partial charge in [0.05, 0.1) is 11.1 Å². The summed E-state index contributed by atoms with van der Waals surface area (Å²) in [6.07, 6.45) is 5.98. The molecule has 208 valence electrons. The van der Waals surface area contributed by atoms with Crippen molar-refractivity contribution in [1.29, 1.82) is 0 Å². The predicted molar refractivity (Wildman–Crippen MR) is 146 cm³/mol. The Labute approximate surface area is 230 Å². The molecule has 3 aromatic rings. The number of nitrogens with one attached hydrogen (secondary N) is 1. The molecule has 2 saturated heterocycles. The Bertz CT molecular complexity index is 1560. The Morgan fingerprint density at radius 3 is 2.25 bits per heavy atom. The molecule has 5 heterocycles. The van der Waals surface area contributed by atoms with Crippen LogP contribution in [0.5, 0.6) is 0 Å². The van der Waals surface area contributed by atoms with Gasteiger partial charge < -0.3 is 20.2 Å². The fourth-order valence-corrected chi connectivity index (χ4v) is 6.52. The van der Waals surface area contributed by atoms with Crippen molar-refractivity contribution in [2.75, 3.05) is 31.5 Å². The summed E-state index contributed by atoms with van der Waals surface area (Å²) in [7, 11) is 0. The summed E-state index contributed by atoms with van der Waals surface area (Å²) in [5.74, 6) is 0.631. The number of hydrogen-bond donors (Lipinski definition) is 2. The van der Waals surface area contributed by atoms with Crippen LogP contribution in [-0.2, 0) is 0 Å². The predicted octanol–water partition coefficient (Wildman–Crippen LogP) is 3.24. The third-order valence-electron chi connectivity index (χ3n) is 8.54. The Morgan fingerprint density at radius 1 is 0.975 bits per heavy atom. The molecule has 3 aromatic heterocycles. The summed E-state index contributed by atoms with van der Waals surface area (Å²) in [6.45, 7) is 5.15. The summed E-state index contributed by atoms with van der Waals surface area (Å²) in [5, 5.41) is 13.0. The molecule has 1 saturated carbocycles. The number of aryl methyl sites for hydroxylation is 1. The summed E-state index contributed by atoms with van der Waals surface area (Å²) >= 11 is 0. The van der Waals surface area contributed by atoms with Gasteiger partial charge in [0.25, 0.3) is 11.5 Å². The van der Waals surface area contributed by atoms with Crippen molar-refractivity contribution in [3.63, 3.8) is 0 Å². The van der Waals surface area contributed by atoms with Crippen LogP contribution in [0.4, 0.5) is 16.6 Å². The average molecular weight is 546 g/mol. The second-order valence-corrected chi connectivity index (χ2v) is 11.1. The van der Waals surface area contributed by atoms with E-state index in [0.717, 1.165) is 25.7 Å². The maximum atomic E-state index is 13.4. The number of aromatic nitrogens is 4. The Balaban J connectivity index is 1.22. The van der Waals surface area contributed by atoms with Crippen molar-refractivity contribution in [3.8, 4) is 0 Å². The molecule has 0 spiro atoms. The van der Waals surface area contributed by atoms with Gasteiger partial charge >= 0.3 is 6.09 Å². The van der Waals surface area contributed by atoms with Crippen molar-refractivity contribution >= 4 is 40.6 Å². The highest BCUT2D eigenvalue weighted by molar-refractivity contribution is 5.99. The van der Waals surface area contributed by atoms with E-state index in [2.05, 4.69) is 20.3 Å². The van der Waals surface area contributed by atoms with E-state index in [-0.39, 0.29) is 46.6 Å². The highest BCUT2D eigenvalue weighted by Gasteiger charge is 2.43. The molecule has 1 aliphatic carbocycles. The normalized spacial score (nSPS) is 20.8. The van der Waals surface area contributed by atoms with E-state index in [1.807, 2.05) is 0 Å². The lowest BCUT2D eigenvalue weighted by molar-refractivity contribution is 0.0773. The second kappa shape index (κ2) is 10.00. The van der Waals surface area contributed by atoms with Crippen LogP contribution in [0.1, 0.15) is 64.9 Å².